The average Bonchev–Trinajstić information content (AvgIpc) is 2.58. The Hall–Kier alpha value is -2.04. The Kier molecular flexibility index (Phi) is 9.58. The zero-order valence-electron chi connectivity index (χ0n) is 15.1. The second-order valence-corrected chi connectivity index (χ2v) is 6.05. The summed E-state index contributed by atoms with van der Waals surface area (Å²) in [6.07, 6.45) is 5.63. The molecule has 0 saturated carbocycles. The van der Waals surface area contributed by atoms with Crippen LogP contribution in [0.4, 0.5) is 0 Å². The smallest absolute Gasteiger partial charge is 0.251 e. The summed E-state index contributed by atoms with van der Waals surface area (Å²) >= 11 is 0. The van der Waals surface area contributed by atoms with E-state index in [9.17, 15) is 9.59 Å². The van der Waals surface area contributed by atoms with Crippen molar-refractivity contribution in [3.8, 4) is 5.75 Å². The lowest BCUT2D eigenvalue weighted by Gasteiger charge is -2.13. The van der Waals surface area contributed by atoms with E-state index in [2.05, 4.69) is 17.6 Å². The summed E-state index contributed by atoms with van der Waals surface area (Å²) in [5, 5.41) is 5.83. The van der Waals surface area contributed by atoms with Crippen molar-refractivity contribution in [2.45, 2.75) is 58.4 Å². The number of carbonyl (C=O) groups excluding carboxylic acids is 2. The number of amides is 2. The predicted octanol–water partition coefficient (Wildman–Crippen LogP) is 3.29. The van der Waals surface area contributed by atoms with E-state index >= 15 is 0 Å². The first-order valence-corrected chi connectivity index (χ1v) is 8.78. The SMILES string of the molecule is CCCCC[C@H](C)NC(=O)CCCNC(=O)c1ccc(OC)cc1. The number of methoxy groups -OCH3 is 1. The molecule has 134 valence electrons. The standard InChI is InChI=1S/C19H30N2O3/c1-4-5-6-8-15(2)21-18(22)9-7-14-20-19(23)16-10-12-17(24-3)13-11-16/h10-13,15H,4-9,14H2,1-3H3,(H,20,23)(H,21,22)/t15-/m0/s1. The van der Waals surface area contributed by atoms with Crippen LogP contribution in [0, 0.1) is 0 Å². The van der Waals surface area contributed by atoms with E-state index in [1.807, 2.05) is 6.92 Å². The quantitative estimate of drug-likeness (QED) is 0.610. The lowest BCUT2D eigenvalue weighted by atomic mass is 10.1. The number of rotatable bonds is 11. The number of benzene rings is 1. The number of hydrogen-bond donors (Lipinski definition) is 2. The van der Waals surface area contributed by atoms with Crippen LogP contribution in [0.15, 0.2) is 24.3 Å². The fourth-order valence-corrected chi connectivity index (χ4v) is 2.42. The molecule has 5 nitrogen and oxygen atoms in total. The fraction of sp³-hybridized carbons (Fsp3) is 0.579. The maximum atomic E-state index is 12.0. The molecule has 2 N–H and O–H groups in total. The van der Waals surface area contributed by atoms with Gasteiger partial charge in [-0.3, -0.25) is 9.59 Å². The molecule has 2 amide bonds. The van der Waals surface area contributed by atoms with Gasteiger partial charge in [-0.25, -0.2) is 0 Å². The summed E-state index contributed by atoms with van der Waals surface area (Å²) in [6, 6.07) is 7.17. The van der Waals surface area contributed by atoms with E-state index in [1.54, 1.807) is 31.4 Å². The van der Waals surface area contributed by atoms with E-state index < -0.39 is 0 Å². The van der Waals surface area contributed by atoms with Crippen LogP contribution in [-0.4, -0.2) is 31.5 Å². The normalized spacial score (nSPS) is 11.6. The van der Waals surface area contributed by atoms with Crippen LogP contribution in [0.25, 0.3) is 0 Å². The molecule has 1 atom stereocenters. The minimum absolute atomic E-state index is 0.0534. The Labute approximate surface area is 145 Å². The number of unbranched alkanes of at least 4 members (excludes halogenated alkanes) is 2. The van der Waals surface area contributed by atoms with E-state index in [4.69, 9.17) is 4.74 Å². The van der Waals surface area contributed by atoms with E-state index in [0.29, 0.717) is 24.9 Å². The van der Waals surface area contributed by atoms with Crippen molar-refractivity contribution in [3.63, 3.8) is 0 Å². The van der Waals surface area contributed by atoms with Crippen molar-refractivity contribution in [2.24, 2.45) is 0 Å². The summed E-state index contributed by atoms with van der Waals surface area (Å²) in [7, 11) is 1.59. The molecule has 0 aliphatic carbocycles. The first kappa shape index (κ1) is 20.0. The third kappa shape index (κ3) is 7.99. The summed E-state index contributed by atoms with van der Waals surface area (Å²) in [5.74, 6) is 0.639. The molecule has 1 aromatic carbocycles. The molecule has 0 aliphatic heterocycles. The molecule has 0 aliphatic rings. The number of ether oxygens (including phenoxy) is 1. The highest BCUT2D eigenvalue weighted by Crippen LogP contribution is 2.11. The van der Waals surface area contributed by atoms with Crippen molar-refractivity contribution in [2.75, 3.05) is 13.7 Å². The molecule has 0 spiro atoms. The molecule has 0 unspecified atom stereocenters. The third-order valence-corrected chi connectivity index (χ3v) is 3.87. The van der Waals surface area contributed by atoms with Crippen molar-refractivity contribution in [1.29, 1.82) is 0 Å². The van der Waals surface area contributed by atoms with Gasteiger partial charge in [-0.15, -0.1) is 0 Å². The van der Waals surface area contributed by atoms with Gasteiger partial charge in [-0.1, -0.05) is 26.2 Å². The highest BCUT2D eigenvalue weighted by atomic mass is 16.5. The van der Waals surface area contributed by atoms with E-state index in [1.165, 1.54) is 12.8 Å². The number of carbonyl (C=O) groups is 2. The van der Waals surface area contributed by atoms with Gasteiger partial charge in [0.25, 0.3) is 5.91 Å². The van der Waals surface area contributed by atoms with Gasteiger partial charge in [0.1, 0.15) is 5.75 Å². The van der Waals surface area contributed by atoms with Gasteiger partial charge in [-0.05, 0) is 44.0 Å². The summed E-state index contributed by atoms with van der Waals surface area (Å²) in [4.78, 5) is 23.8. The van der Waals surface area contributed by atoms with Crippen LogP contribution in [0.3, 0.4) is 0 Å². The largest absolute Gasteiger partial charge is 0.497 e. The molecule has 0 heterocycles. The van der Waals surface area contributed by atoms with Crippen molar-refractivity contribution >= 4 is 11.8 Å². The summed E-state index contributed by atoms with van der Waals surface area (Å²) in [5.41, 5.74) is 0.588. The zero-order valence-corrected chi connectivity index (χ0v) is 15.1. The van der Waals surface area contributed by atoms with Crippen molar-refractivity contribution < 1.29 is 14.3 Å². The van der Waals surface area contributed by atoms with Gasteiger partial charge < -0.3 is 15.4 Å². The van der Waals surface area contributed by atoms with Crippen molar-refractivity contribution in [1.82, 2.24) is 10.6 Å². The van der Waals surface area contributed by atoms with Gasteiger partial charge in [0.15, 0.2) is 0 Å². The topological polar surface area (TPSA) is 67.4 Å². The fourth-order valence-electron chi connectivity index (χ4n) is 2.42. The molecule has 0 aromatic heterocycles. The highest BCUT2D eigenvalue weighted by Gasteiger charge is 2.08. The van der Waals surface area contributed by atoms with E-state index in [-0.39, 0.29) is 17.9 Å². The minimum Gasteiger partial charge on any atom is -0.497 e. The summed E-state index contributed by atoms with van der Waals surface area (Å²) < 4.78 is 5.06. The lowest BCUT2D eigenvalue weighted by molar-refractivity contribution is -0.121. The van der Waals surface area contributed by atoms with Crippen LogP contribution in [0.1, 0.15) is 62.7 Å². The van der Waals surface area contributed by atoms with Gasteiger partial charge in [0.2, 0.25) is 5.91 Å². The minimum atomic E-state index is -0.133. The molecular weight excluding hydrogens is 304 g/mol. The van der Waals surface area contributed by atoms with Crippen LogP contribution in [0.2, 0.25) is 0 Å². The Morgan fingerprint density at radius 2 is 1.83 bits per heavy atom. The Morgan fingerprint density at radius 1 is 1.12 bits per heavy atom. The van der Waals surface area contributed by atoms with Gasteiger partial charge in [0.05, 0.1) is 7.11 Å². The monoisotopic (exact) mass is 334 g/mol. The zero-order chi connectivity index (χ0) is 17.8. The lowest BCUT2D eigenvalue weighted by Crippen LogP contribution is -2.33. The molecule has 0 saturated heterocycles. The summed E-state index contributed by atoms with van der Waals surface area (Å²) in [6.45, 7) is 4.70. The molecule has 1 rings (SSSR count). The Balaban J connectivity index is 2.17. The van der Waals surface area contributed by atoms with E-state index in [0.717, 1.165) is 18.6 Å². The molecule has 24 heavy (non-hydrogen) atoms. The van der Waals surface area contributed by atoms with Gasteiger partial charge in [-0.2, -0.15) is 0 Å². The molecule has 1 aromatic rings. The molecule has 0 fully saturated rings. The second kappa shape index (κ2) is 11.5. The molecular formula is C19H30N2O3. The Morgan fingerprint density at radius 3 is 2.46 bits per heavy atom. The molecule has 0 bridgehead atoms. The first-order chi connectivity index (χ1) is 11.6. The van der Waals surface area contributed by atoms with Gasteiger partial charge >= 0.3 is 0 Å². The van der Waals surface area contributed by atoms with Crippen LogP contribution < -0.4 is 15.4 Å². The van der Waals surface area contributed by atoms with Crippen LogP contribution >= 0.6 is 0 Å². The second-order valence-electron chi connectivity index (χ2n) is 6.05. The average molecular weight is 334 g/mol. The number of hydrogen-bond acceptors (Lipinski definition) is 3. The molecule has 5 heteroatoms. The highest BCUT2D eigenvalue weighted by molar-refractivity contribution is 5.94. The predicted molar refractivity (Wildman–Crippen MR) is 96.3 cm³/mol. The van der Waals surface area contributed by atoms with Crippen LogP contribution in [-0.2, 0) is 4.79 Å². The van der Waals surface area contributed by atoms with Crippen molar-refractivity contribution in [3.05, 3.63) is 29.8 Å². The molecule has 0 radical (unpaired) electrons. The first-order valence-electron chi connectivity index (χ1n) is 8.78. The number of nitrogens with one attached hydrogen (secondary N) is 2. The maximum Gasteiger partial charge on any atom is 0.251 e. The maximum absolute atomic E-state index is 12.0. The third-order valence-electron chi connectivity index (χ3n) is 3.87. The Bertz CT molecular complexity index is 500. The van der Waals surface area contributed by atoms with Gasteiger partial charge in [0, 0.05) is 24.6 Å². The van der Waals surface area contributed by atoms with Crippen LogP contribution in [0.5, 0.6) is 5.75 Å².